The zero-order valence-corrected chi connectivity index (χ0v) is 13.1. The zero-order valence-electron chi connectivity index (χ0n) is 10.7. The Hall–Kier alpha value is -1.90. The molecule has 2 aromatic heterocycles. The highest BCUT2D eigenvalue weighted by Gasteiger charge is 2.17. The third kappa shape index (κ3) is 3.07. The standard InChI is InChI=1S/C13H11N3O2S3/c14-10-5-3-9(4-6-10)11-8-20-13(15-11)16-21(17,18)12-2-1-7-19-12/h1-8H,14H2,(H,15,16). The fourth-order valence-corrected chi connectivity index (χ4v) is 4.65. The monoisotopic (exact) mass is 337 g/mol. The molecule has 0 fully saturated rings. The van der Waals surface area contributed by atoms with Gasteiger partial charge in [-0.1, -0.05) is 18.2 Å². The number of hydrogen-bond donors (Lipinski definition) is 2. The number of anilines is 2. The number of rotatable bonds is 4. The Morgan fingerprint density at radius 3 is 2.52 bits per heavy atom. The third-order valence-corrected chi connectivity index (χ3v) is 6.32. The summed E-state index contributed by atoms with van der Waals surface area (Å²) in [5, 5.41) is 3.86. The molecule has 0 bridgehead atoms. The molecule has 2 heterocycles. The number of hydrogen-bond acceptors (Lipinski definition) is 6. The first-order valence-corrected chi connectivity index (χ1v) is 9.16. The van der Waals surface area contributed by atoms with Crippen LogP contribution in [0.2, 0.25) is 0 Å². The average molecular weight is 337 g/mol. The lowest BCUT2D eigenvalue weighted by Gasteiger charge is -2.01. The van der Waals surface area contributed by atoms with E-state index in [9.17, 15) is 8.42 Å². The molecular weight excluding hydrogens is 326 g/mol. The van der Waals surface area contributed by atoms with E-state index >= 15 is 0 Å². The Bertz CT molecular complexity index is 837. The SMILES string of the molecule is Nc1ccc(-c2csc(NS(=O)(=O)c3cccs3)n2)cc1. The first-order chi connectivity index (χ1) is 10.0. The van der Waals surface area contributed by atoms with Crippen LogP contribution in [0, 0.1) is 0 Å². The fourth-order valence-electron chi connectivity index (χ4n) is 1.69. The van der Waals surface area contributed by atoms with Gasteiger partial charge in [0.25, 0.3) is 10.0 Å². The van der Waals surface area contributed by atoms with Gasteiger partial charge in [0.1, 0.15) is 4.21 Å². The van der Waals surface area contributed by atoms with Gasteiger partial charge in [-0.05, 0) is 23.6 Å². The molecule has 0 atom stereocenters. The number of nitrogens with zero attached hydrogens (tertiary/aromatic N) is 1. The van der Waals surface area contributed by atoms with E-state index in [0.717, 1.165) is 5.56 Å². The van der Waals surface area contributed by atoms with Gasteiger partial charge in [-0.15, -0.1) is 22.7 Å². The maximum Gasteiger partial charge on any atom is 0.273 e. The Balaban J connectivity index is 1.84. The molecule has 108 valence electrons. The molecule has 3 aromatic rings. The van der Waals surface area contributed by atoms with Crippen LogP contribution in [0.3, 0.4) is 0 Å². The Morgan fingerprint density at radius 2 is 1.86 bits per heavy atom. The van der Waals surface area contributed by atoms with Gasteiger partial charge in [0.15, 0.2) is 5.13 Å². The van der Waals surface area contributed by atoms with E-state index in [1.807, 2.05) is 12.1 Å². The minimum atomic E-state index is -3.55. The molecular formula is C13H11N3O2S3. The number of nitrogens with two attached hydrogens (primary N) is 1. The van der Waals surface area contributed by atoms with E-state index in [2.05, 4.69) is 9.71 Å². The largest absolute Gasteiger partial charge is 0.399 e. The van der Waals surface area contributed by atoms with Crippen LogP contribution in [-0.2, 0) is 10.0 Å². The number of aromatic nitrogens is 1. The number of sulfonamides is 1. The molecule has 0 aliphatic rings. The number of thiazole rings is 1. The summed E-state index contributed by atoms with van der Waals surface area (Å²) in [5.41, 5.74) is 7.92. The van der Waals surface area contributed by atoms with E-state index in [1.165, 1.54) is 22.7 Å². The summed E-state index contributed by atoms with van der Waals surface area (Å²) in [6.45, 7) is 0. The van der Waals surface area contributed by atoms with Crippen LogP contribution in [0.25, 0.3) is 11.3 Å². The minimum Gasteiger partial charge on any atom is -0.399 e. The molecule has 21 heavy (non-hydrogen) atoms. The average Bonchev–Trinajstić information content (AvgIpc) is 3.10. The molecule has 8 heteroatoms. The summed E-state index contributed by atoms with van der Waals surface area (Å²) in [7, 11) is -3.55. The minimum absolute atomic E-state index is 0.270. The molecule has 1 aromatic carbocycles. The van der Waals surface area contributed by atoms with Gasteiger partial charge in [0, 0.05) is 16.6 Å². The fraction of sp³-hybridized carbons (Fsp3) is 0. The molecule has 0 amide bonds. The maximum absolute atomic E-state index is 12.1. The summed E-state index contributed by atoms with van der Waals surface area (Å²) in [6.07, 6.45) is 0. The first-order valence-electron chi connectivity index (χ1n) is 5.92. The summed E-state index contributed by atoms with van der Waals surface area (Å²) >= 11 is 2.41. The quantitative estimate of drug-likeness (QED) is 0.716. The Morgan fingerprint density at radius 1 is 1.10 bits per heavy atom. The predicted molar refractivity (Wildman–Crippen MR) is 87.1 cm³/mol. The molecule has 3 N–H and O–H groups in total. The van der Waals surface area contributed by atoms with Crippen molar-refractivity contribution in [2.75, 3.05) is 10.5 Å². The van der Waals surface area contributed by atoms with Gasteiger partial charge < -0.3 is 5.73 Å². The molecule has 3 rings (SSSR count). The predicted octanol–water partition coefficient (Wildman–Crippen LogP) is 3.25. The van der Waals surface area contributed by atoms with Crippen LogP contribution in [0.15, 0.2) is 51.4 Å². The van der Waals surface area contributed by atoms with Gasteiger partial charge in [-0.25, -0.2) is 13.4 Å². The van der Waals surface area contributed by atoms with Gasteiger partial charge in [0.05, 0.1) is 5.69 Å². The second-order valence-corrected chi connectivity index (χ2v) is 7.91. The molecule has 0 spiro atoms. The highest BCUT2D eigenvalue weighted by Crippen LogP contribution is 2.27. The Kier molecular flexibility index (Phi) is 3.66. The molecule has 0 saturated heterocycles. The Labute approximate surface area is 130 Å². The van der Waals surface area contributed by atoms with Crippen LogP contribution < -0.4 is 10.5 Å². The van der Waals surface area contributed by atoms with Crippen molar-refractivity contribution in [3.63, 3.8) is 0 Å². The maximum atomic E-state index is 12.1. The van der Waals surface area contributed by atoms with Crippen LogP contribution in [0.1, 0.15) is 0 Å². The second kappa shape index (κ2) is 5.47. The normalized spacial score (nSPS) is 11.4. The van der Waals surface area contributed by atoms with E-state index in [-0.39, 0.29) is 4.21 Å². The molecule has 0 radical (unpaired) electrons. The second-order valence-electron chi connectivity index (χ2n) is 4.20. The van der Waals surface area contributed by atoms with Crippen LogP contribution in [0.5, 0.6) is 0 Å². The van der Waals surface area contributed by atoms with Crippen molar-refractivity contribution < 1.29 is 8.42 Å². The van der Waals surface area contributed by atoms with E-state index in [4.69, 9.17) is 5.73 Å². The lowest BCUT2D eigenvalue weighted by atomic mass is 10.2. The lowest BCUT2D eigenvalue weighted by Crippen LogP contribution is -2.11. The van der Waals surface area contributed by atoms with Crippen LogP contribution in [-0.4, -0.2) is 13.4 Å². The van der Waals surface area contributed by atoms with Crippen molar-refractivity contribution in [2.24, 2.45) is 0 Å². The smallest absolute Gasteiger partial charge is 0.273 e. The van der Waals surface area contributed by atoms with Crippen LogP contribution in [0.4, 0.5) is 10.8 Å². The van der Waals surface area contributed by atoms with E-state index in [1.54, 1.807) is 35.0 Å². The van der Waals surface area contributed by atoms with Crippen molar-refractivity contribution >= 4 is 43.5 Å². The van der Waals surface area contributed by atoms with Crippen molar-refractivity contribution in [2.45, 2.75) is 4.21 Å². The topological polar surface area (TPSA) is 85.1 Å². The van der Waals surface area contributed by atoms with Crippen molar-refractivity contribution in [3.05, 3.63) is 47.2 Å². The number of benzene rings is 1. The molecule has 0 aliphatic heterocycles. The third-order valence-electron chi connectivity index (χ3n) is 2.69. The number of thiophene rings is 1. The highest BCUT2D eigenvalue weighted by molar-refractivity contribution is 7.94. The van der Waals surface area contributed by atoms with Gasteiger partial charge >= 0.3 is 0 Å². The molecule has 0 saturated carbocycles. The van der Waals surface area contributed by atoms with Crippen molar-refractivity contribution in [1.82, 2.24) is 4.98 Å². The number of nitrogen functional groups attached to an aromatic ring is 1. The van der Waals surface area contributed by atoms with Crippen molar-refractivity contribution in [1.29, 1.82) is 0 Å². The molecule has 0 aliphatic carbocycles. The number of nitrogens with one attached hydrogen (secondary N) is 1. The lowest BCUT2D eigenvalue weighted by molar-refractivity contribution is 0.603. The van der Waals surface area contributed by atoms with E-state index < -0.39 is 10.0 Å². The summed E-state index contributed by atoms with van der Waals surface area (Å²) in [4.78, 5) is 4.30. The summed E-state index contributed by atoms with van der Waals surface area (Å²) < 4.78 is 27.0. The van der Waals surface area contributed by atoms with Gasteiger partial charge in [-0.2, -0.15) is 0 Å². The van der Waals surface area contributed by atoms with Gasteiger partial charge in [0.2, 0.25) is 0 Å². The molecule has 0 unspecified atom stereocenters. The highest BCUT2D eigenvalue weighted by atomic mass is 32.2. The summed E-state index contributed by atoms with van der Waals surface area (Å²) in [5.74, 6) is 0. The van der Waals surface area contributed by atoms with Crippen molar-refractivity contribution in [3.8, 4) is 11.3 Å². The summed E-state index contributed by atoms with van der Waals surface area (Å²) in [6, 6.07) is 10.5. The van der Waals surface area contributed by atoms with Gasteiger partial charge in [-0.3, -0.25) is 4.72 Å². The van der Waals surface area contributed by atoms with E-state index in [0.29, 0.717) is 16.5 Å². The van der Waals surface area contributed by atoms with Crippen LogP contribution >= 0.6 is 22.7 Å². The molecule has 5 nitrogen and oxygen atoms in total. The zero-order chi connectivity index (χ0) is 14.9. The first kappa shape index (κ1) is 14.1.